The number of H-pyrrole nitrogens is 1. The lowest BCUT2D eigenvalue weighted by Crippen LogP contribution is -2.17. The number of hydrogen-bond acceptors (Lipinski definition) is 4. The van der Waals surface area contributed by atoms with E-state index in [-0.39, 0.29) is 5.69 Å². The zero-order valence-electron chi connectivity index (χ0n) is 13.5. The van der Waals surface area contributed by atoms with Crippen LogP contribution in [-0.2, 0) is 13.0 Å². The summed E-state index contributed by atoms with van der Waals surface area (Å²) in [4.78, 5) is 24.0. The molecular formula is C19H17N5O. The van der Waals surface area contributed by atoms with Gasteiger partial charge >= 0.3 is 5.69 Å². The summed E-state index contributed by atoms with van der Waals surface area (Å²) in [5.41, 5.74) is 8.94. The highest BCUT2D eigenvalue weighted by atomic mass is 16.1. The molecule has 0 unspecified atom stereocenters. The molecule has 124 valence electrons. The number of nitrogens with zero attached hydrogens (tertiary/aromatic N) is 3. The summed E-state index contributed by atoms with van der Waals surface area (Å²) < 4.78 is 1.59. The highest BCUT2D eigenvalue weighted by Gasteiger charge is 2.14. The van der Waals surface area contributed by atoms with E-state index in [1.165, 1.54) is 0 Å². The molecule has 0 amide bonds. The number of fused-ring (bicyclic) bond motifs is 1. The van der Waals surface area contributed by atoms with E-state index in [0.717, 1.165) is 11.1 Å². The quantitative estimate of drug-likeness (QED) is 0.600. The van der Waals surface area contributed by atoms with Crippen molar-refractivity contribution in [2.24, 2.45) is 0 Å². The second-order valence-corrected chi connectivity index (χ2v) is 5.89. The molecule has 0 saturated heterocycles. The van der Waals surface area contributed by atoms with Crippen molar-refractivity contribution in [1.82, 2.24) is 19.5 Å². The average Bonchev–Trinajstić information content (AvgIpc) is 2.94. The largest absolute Gasteiger partial charge is 0.382 e. The molecule has 0 aliphatic carbocycles. The molecule has 4 rings (SSSR count). The van der Waals surface area contributed by atoms with Crippen LogP contribution in [0.4, 0.5) is 5.82 Å². The topological polar surface area (TPSA) is 89.6 Å². The van der Waals surface area contributed by atoms with Gasteiger partial charge in [0.15, 0.2) is 11.5 Å². The molecule has 4 aromatic rings. The smallest absolute Gasteiger partial charge is 0.328 e. The number of nitrogen functional groups attached to an aromatic ring is 1. The molecule has 6 heteroatoms. The first kappa shape index (κ1) is 15.1. The summed E-state index contributed by atoms with van der Waals surface area (Å²) in [6, 6.07) is 19.7. The van der Waals surface area contributed by atoms with Crippen molar-refractivity contribution in [3.63, 3.8) is 0 Å². The Morgan fingerprint density at radius 2 is 1.56 bits per heavy atom. The Hall–Kier alpha value is -3.41. The van der Waals surface area contributed by atoms with Gasteiger partial charge in [-0.2, -0.15) is 0 Å². The van der Waals surface area contributed by atoms with Crippen LogP contribution in [0.5, 0.6) is 0 Å². The summed E-state index contributed by atoms with van der Waals surface area (Å²) in [5, 5.41) is 0. The molecule has 6 nitrogen and oxygen atoms in total. The van der Waals surface area contributed by atoms with Gasteiger partial charge < -0.3 is 10.7 Å². The van der Waals surface area contributed by atoms with Gasteiger partial charge in [0.25, 0.3) is 0 Å². The lowest BCUT2D eigenvalue weighted by atomic mass is 10.1. The van der Waals surface area contributed by atoms with Crippen LogP contribution in [0.25, 0.3) is 11.2 Å². The Labute approximate surface area is 144 Å². The van der Waals surface area contributed by atoms with Gasteiger partial charge in [0.05, 0.1) is 6.54 Å². The lowest BCUT2D eigenvalue weighted by Gasteiger charge is -2.06. The van der Waals surface area contributed by atoms with Gasteiger partial charge in [-0.15, -0.1) is 0 Å². The van der Waals surface area contributed by atoms with E-state index >= 15 is 0 Å². The number of hydrogen-bond donors (Lipinski definition) is 2. The number of imidazole rings is 1. The Morgan fingerprint density at radius 3 is 2.24 bits per heavy atom. The molecule has 0 saturated carbocycles. The second kappa shape index (κ2) is 6.24. The fourth-order valence-electron chi connectivity index (χ4n) is 2.87. The van der Waals surface area contributed by atoms with Crippen molar-refractivity contribution in [1.29, 1.82) is 0 Å². The summed E-state index contributed by atoms with van der Waals surface area (Å²) in [7, 11) is 0. The molecule has 2 heterocycles. The molecule has 0 aliphatic heterocycles. The number of rotatable bonds is 4. The van der Waals surface area contributed by atoms with Crippen molar-refractivity contribution in [3.8, 4) is 0 Å². The molecule has 25 heavy (non-hydrogen) atoms. The van der Waals surface area contributed by atoms with Gasteiger partial charge in [-0.25, -0.2) is 14.8 Å². The number of aromatic nitrogens is 4. The number of nitrogens with one attached hydrogen (secondary N) is 1. The van der Waals surface area contributed by atoms with E-state index in [9.17, 15) is 4.79 Å². The number of aromatic amines is 1. The minimum absolute atomic E-state index is 0.239. The third-order valence-electron chi connectivity index (χ3n) is 4.09. The van der Waals surface area contributed by atoms with Crippen LogP contribution in [-0.4, -0.2) is 19.5 Å². The zero-order chi connectivity index (χ0) is 17.2. The molecule has 0 aliphatic rings. The first-order chi connectivity index (χ1) is 12.2. The van der Waals surface area contributed by atoms with Crippen LogP contribution >= 0.6 is 0 Å². The highest BCUT2D eigenvalue weighted by Crippen LogP contribution is 2.17. The number of anilines is 1. The molecular weight excluding hydrogens is 314 g/mol. The number of benzene rings is 2. The molecule has 0 spiro atoms. The molecule has 0 fully saturated rings. The maximum absolute atomic E-state index is 12.3. The SMILES string of the molecule is Nc1nc(Cc2ccccc2)nc2c1[nH]c(=O)n2Cc1ccccc1. The van der Waals surface area contributed by atoms with Crippen LogP contribution in [0.2, 0.25) is 0 Å². The van der Waals surface area contributed by atoms with E-state index < -0.39 is 0 Å². The number of nitrogens with two attached hydrogens (primary N) is 1. The molecule has 2 aromatic heterocycles. The normalized spacial score (nSPS) is 11.0. The van der Waals surface area contributed by atoms with Gasteiger partial charge in [0, 0.05) is 6.42 Å². The monoisotopic (exact) mass is 331 g/mol. The third-order valence-corrected chi connectivity index (χ3v) is 4.09. The average molecular weight is 331 g/mol. The van der Waals surface area contributed by atoms with Gasteiger partial charge in [-0.05, 0) is 11.1 Å². The predicted molar refractivity (Wildman–Crippen MR) is 97.4 cm³/mol. The standard InChI is InChI=1S/C19H17N5O/c20-17-16-18(22-15(21-17)11-13-7-3-1-4-8-13)24(19(25)23-16)12-14-9-5-2-6-10-14/h1-10H,11-12H2,(H,23,25)(H2,20,21,22). The van der Waals surface area contributed by atoms with Gasteiger partial charge in [-0.1, -0.05) is 60.7 Å². The van der Waals surface area contributed by atoms with Crippen LogP contribution in [0.3, 0.4) is 0 Å². The third kappa shape index (κ3) is 3.01. The fourth-order valence-corrected chi connectivity index (χ4v) is 2.87. The van der Waals surface area contributed by atoms with E-state index in [1.54, 1.807) is 4.57 Å². The summed E-state index contributed by atoms with van der Waals surface area (Å²) in [5.74, 6) is 0.886. The van der Waals surface area contributed by atoms with Gasteiger partial charge in [-0.3, -0.25) is 4.57 Å². The summed E-state index contributed by atoms with van der Waals surface area (Å²) >= 11 is 0. The minimum Gasteiger partial charge on any atom is -0.382 e. The molecule has 2 aromatic carbocycles. The zero-order valence-corrected chi connectivity index (χ0v) is 13.5. The van der Waals surface area contributed by atoms with E-state index in [4.69, 9.17) is 5.73 Å². The van der Waals surface area contributed by atoms with Crippen LogP contribution in [0.15, 0.2) is 65.5 Å². The van der Waals surface area contributed by atoms with Crippen LogP contribution in [0.1, 0.15) is 17.0 Å². The van der Waals surface area contributed by atoms with Gasteiger partial charge in [0.2, 0.25) is 0 Å². The highest BCUT2D eigenvalue weighted by molar-refractivity contribution is 5.81. The van der Waals surface area contributed by atoms with Crippen LogP contribution in [0, 0.1) is 0 Å². The minimum atomic E-state index is -0.239. The van der Waals surface area contributed by atoms with Gasteiger partial charge in [0.1, 0.15) is 11.3 Å². The molecule has 0 radical (unpaired) electrons. The van der Waals surface area contributed by atoms with Crippen LogP contribution < -0.4 is 11.4 Å². The Balaban J connectivity index is 1.78. The van der Waals surface area contributed by atoms with Crippen molar-refractivity contribution in [2.45, 2.75) is 13.0 Å². The maximum atomic E-state index is 12.3. The van der Waals surface area contributed by atoms with E-state index in [0.29, 0.717) is 35.8 Å². The molecule has 3 N–H and O–H groups in total. The summed E-state index contributed by atoms with van der Waals surface area (Å²) in [6.07, 6.45) is 0.561. The predicted octanol–water partition coefficient (Wildman–Crippen LogP) is 2.34. The first-order valence-electron chi connectivity index (χ1n) is 8.03. The summed E-state index contributed by atoms with van der Waals surface area (Å²) in [6.45, 7) is 0.431. The Bertz CT molecular complexity index is 1070. The van der Waals surface area contributed by atoms with E-state index in [2.05, 4.69) is 15.0 Å². The Kier molecular flexibility index (Phi) is 3.78. The van der Waals surface area contributed by atoms with E-state index in [1.807, 2.05) is 60.7 Å². The van der Waals surface area contributed by atoms with Crippen molar-refractivity contribution in [2.75, 3.05) is 5.73 Å². The lowest BCUT2D eigenvalue weighted by molar-refractivity contribution is 0.774. The maximum Gasteiger partial charge on any atom is 0.328 e. The van der Waals surface area contributed by atoms with Crippen molar-refractivity contribution in [3.05, 3.63) is 88.1 Å². The second-order valence-electron chi connectivity index (χ2n) is 5.89. The van der Waals surface area contributed by atoms with Crippen molar-refractivity contribution >= 4 is 17.0 Å². The Morgan fingerprint density at radius 1 is 0.920 bits per heavy atom. The first-order valence-corrected chi connectivity index (χ1v) is 8.03. The molecule has 0 bridgehead atoms. The fraction of sp³-hybridized carbons (Fsp3) is 0.105. The molecule has 0 atom stereocenters. The van der Waals surface area contributed by atoms with Crippen molar-refractivity contribution < 1.29 is 0 Å².